The van der Waals surface area contributed by atoms with E-state index in [2.05, 4.69) is 30.8 Å². The monoisotopic (exact) mass is 329 g/mol. The van der Waals surface area contributed by atoms with Crippen molar-refractivity contribution in [3.63, 3.8) is 0 Å². The van der Waals surface area contributed by atoms with Gasteiger partial charge in [0.25, 0.3) is 0 Å². The number of imidazole rings is 1. The Balaban J connectivity index is 2.07. The molecule has 0 aliphatic carbocycles. The molecule has 1 aromatic heterocycles. The third kappa shape index (κ3) is 3.84. The summed E-state index contributed by atoms with van der Waals surface area (Å²) in [6, 6.07) is 3.59. The predicted molar refractivity (Wildman–Crippen MR) is 89.1 cm³/mol. The van der Waals surface area contributed by atoms with Crippen LogP contribution >= 0.6 is 23.8 Å². The van der Waals surface area contributed by atoms with Crippen LogP contribution in [-0.2, 0) is 6.54 Å². The zero-order valence-corrected chi connectivity index (χ0v) is 14.2. The second-order valence-corrected chi connectivity index (χ2v) is 6.44. The quantitative estimate of drug-likeness (QED) is 0.618. The summed E-state index contributed by atoms with van der Waals surface area (Å²) in [7, 11) is 2.12. The van der Waals surface area contributed by atoms with Crippen LogP contribution in [0.15, 0.2) is 12.1 Å². The van der Waals surface area contributed by atoms with Crippen LogP contribution in [0.1, 0.15) is 26.7 Å². The number of hydrogen-bond donors (Lipinski definition) is 1. The molecule has 0 fully saturated rings. The van der Waals surface area contributed by atoms with Gasteiger partial charge >= 0.3 is 0 Å². The molecule has 0 aliphatic rings. The van der Waals surface area contributed by atoms with Crippen LogP contribution < -0.4 is 0 Å². The van der Waals surface area contributed by atoms with Gasteiger partial charge in [0.15, 0.2) is 4.77 Å². The van der Waals surface area contributed by atoms with Crippen molar-refractivity contribution in [3.8, 4) is 0 Å². The lowest BCUT2D eigenvalue weighted by Crippen LogP contribution is -2.27. The van der Waals surface area contributed by atoms with Gasteiger partial charge in [0.05, 0.1) is 16.1 Å². The smallest absolute Gasteiger partial charge is 0.178 e. The number of unbranched alkanes of at least 4 members (excludes halogenated alkanes) is 1. The molecule has 116 valence electrons. The summed E-state index contributed by atoms with van der Waals surface area (Å²) in [4.78, 5) is 5.39. The van der Waals surface area contributed by atoms with Crippen LogP contribution in [0.3, 0.4) is 0 Å². The number of nitrogens with one attached hydrogen (secondary N) is 1. The number of rotatable bonds is 6. The summed E-state index contributed by atoms with van der Waals surface area (Å²) in [6.07, 6.45) is 2.09. The van der Waals surface area contributed by atoms with E-state index in [4.69, 9.17) is 23.8 Å². The fourth-order valence-electron chi connectivity index (χ4n) is 2.26. The molecule has 0 radical (unpaired) electrons. The molecule has 0 atom stereocenters. The molecule has 0 amide bonds. The van der Waals surface area contributed by atoms with E-state index in [1.165, 1.54) is 6.07 Å². The first-order chi connectivity index (χ1) is 9.90. The van der Waals surface area contributed by atoms with Crippen molar-refractivity contribution >= 4 is 34.9 Å². The van der Waals surface area contributed by atoms with Gasteiger partial charge in [-0.2, -0.15) is 0 Å². The number of aromatic nitrogens is 2. The first-order valence-electron chi connectivity index (χ1n) is 7.18. The van der Waals surface area contributed by atoms with Gasteiger partial charge in [-0.15, -0.1) is 0 Å². The Hall–Kier alpha value is -0.910. The summed E-state index contributed by atoms with van der Waals surface area (Å²) >= 11 is 11.1. The Kier molecular flexibility index (Phi) is 5.41. The minimum atomic E-state index is -0.411. The van der Waals surface area contributed by atoms with Crippen LogP contribution in [-0.4, -0.2) is 34.1 Å². The predicted octanol–water partition coefficient (Wildman–Crippen LogP) is 4.61. The number of nitrogens with zero attached hydrogens (tertiary/aromatic N) is 2. The van der Waals surface area contributed by atoms with Crippen molar-refractivity contribution in [2.24, 2.45) is 0 Å². The molecular formula is C15H21ClFN3S. The lowest BCUT2D eigenvalue weighted by atomic mass is 10.2. The van der Waals surface area contributed by atoms with Gasteiger partial charge in [0.2, 0.25) is 0 Å². The topological polar surface area (TPSA) is 24.0 Å². The molecule has 1 heterocycles. The molecule has 0 aliphatic heterocycles. The Morgan fingerprint density at radius 3 is 2.76 bits per heavy atom. The van der Waals surface area contributed by atoms with Gasteiger partial charge in [0.1, 0.15) is 5.82 Å². The second kappa shape index (κ2) is 6.90. The number of aryl methyl sites for hydroxylation is 1. The average Bonchev–Trinajstić information content (AvgIpc) is 2.70. The van der Waals surface area contributed by atoms with E-state index in [0.717, 1.165) is 37.0 Å². The lowest BCUT2D eigenvalue weighted by Gasteiger charge is -2.20. The Bertz CT molecular complexity index is 677. The highest BCUT2D eigenvalue weighted by molar-refractivity contribution is 7.71. The number of hydrogen-bond acceptors (Lipinski definition) is 2. The maximum Gasteiger partial charge on any atom is 0.178 e. The fourth-order valence-corrected chi connectivity index (χ4v) is 2.73. The molecule has 0 unspecified atom stereocenters. The SMILES string of the molecule is CC(C)N(C)CCCCn1c(=S)[nH]c2cc(Cl)c(F)cc21. The number of aromatic amines is 1. The first kappa shape index (κ1) is 16.5. The molecule has 3 nitrogen and oxygen atoms in total. The van der Waals surface area contributed by atoms with Crippen LogP contribution in [0, 0.1) is 10.6 Å². The largest absolute Gasteiger partial charge is 0.331 e. The van der Waals surface area contributed by atoms with Crippen molar-refractivity contribution in [2.45, 2.75) is 39.3 Å². The molecule has 1 aromatic carbocycles. The molecule has 0 spiro atoms. The van der Waals surface area contributed by atoms with E-state index in [1.807, 2.05) is 4.57 Å². The summed E-state index contributed by atoms with van der Waals surface area (Å²) in [5.41, 5.74) is 1.56. The second-order valence-electron chi connectivity index (χ2n) is 5.65. The Labute approximate surface area is 134 Å². The van der Waals surface area contributed by atoms with E-state index in [9.17, 15) is 4.39 Å². The fraction of sp³-hybridized carbons (Fsp3) is 0.533. The molecule has 0 saturated heterocycles. The maximum atomic E-state index is 13.6. The van der Waals surface area contributed by atoms with Crippen LogP contribution in [0.5, 0.6) is 0 Å². The molecular weight excluding hydrogens is 309 g/mol. The lowest BCUT2D eigenvalue weighted by molar-refractivity contribution is 0.266. The Morgan fingerprint density at radius 1 is 1.38 bits per heavy atom. The van der Waals surface area contributed by atoms with Crippen LogP contribution in [0.25, 0.3) is 11.0 Å². The van der Waals surface area contributed by atoms with Crippen molar-refractivity contribution in [3.05, 3.63) is 27.7 Å². The summed E-state index contributed by atoms with van der Waals surface area (Å²) in [6.45, 7) is 6.20. The normalized spacial score (nSPS) is 12.0. The molecule has 2 rings (SSSR count). The van der Waals surface area contributed by atoms with Crippen molar-refractivity contribution in [2.75, 3.05) is 13.6 Å². The Morgan fingerprint density at radius 2 is 2.10 bits per heavy atom. The summed E-state index contributed by atoms with van der Waals surface area (Å²) < 4.78 is 16.2. The zero-order valence-electron chi connectivity index (χ0n) is 12.6. The molecule has 2 aromatic rings. The van der Waals surface area contributed by atoms with Gasteiger partial charge in [0, 0.05) is 18.7 Å². The molecule has 21 heavy (non-hydrogen) atoms. The third-order valence-electron chi connectivity index (χ3n) is 3.84. The van der Waals surface area contributed by atoms with Crippen LogP contribution in [0.2, 0.25) is 5.02 Å². The van der Waals surface area contributed by atoms with E-state index in [-0.39, 0.29) is 5.02 Å². The number of benzene rings is 1. The van der Waals surface area contributed by atoms with Gasteiger partial charge < -0.3 is 14.5 Å². The zero-order chi connectivity index (χ0) is 15.6. The van der Waals surface area contributed by atoms with E-state index in [1.54, 1.807) is 6.07 Å². The highest BCUT2D eigenvalue weighted by atomic mass is 35.5. The number of H-pyrrole nitrogens is 1. The van der Waals surface area contributed by atoms with Gasteiger partial charge in [-0.3, -0.25) is 0 Å². The standard InChI is InChI=1S/C15H21ClFN3S/c1-10(2)19(3)6-4-5-7-20-14-9-12(17)11(16)8-13(14)18-15(20)21/h8-10H,4-7H2,1-3H3,(H,18,21). The van der Waals surface area contributed by atoms with Crippen molar-refractivity contribution in [1.29, 1.82) is 0 Å². The third-order valence-corrected chi connectivity index (χ3v) is 4.45. The van der Waals surface area contributed by atoms with Crippen molar-refractivity contribution < 1.29 is 4.39 Å². The van der Waals surface area contributed by atoms with E-state index >= 15 is 0 Å². The minimum absolute atomic E-state index is 0.115. The van der Waals surface area contributed by atoms with Gasteiger partial charge in [-0.25, -0.2) is 4.39 Å². The van der Waals surface area contributed by atoms with Gasteiger partial charge in [-0.1, -0.05) is 11.6 Å². The molecule has 0 saturated carbocycles. The van der Waals surface area contributed by atoms with Crippen LogP contribution in [0.4, 0.5) is 4.39 Å². The highest BCUT2D eigenvalue weighted by Crippen LogP contribution is 2.23. The van der Waals surface area contributed by atoms with Crippen molar-refractivity contribution in [1.82, 2.24) is 14.5 Å². The number of fused-ring (bicyclic) bond motifs is 1. The van der Waals surface area contributed by atoms with E-state index < -0.39 is 5.82 Å². The summed E-state index contributed by atoms with van der Waals surface area (Å²) in [5.74, 6) is -0.411. The van der Waals surface area contributed by atoms with Gasteiger partial charge in [-0.05, 0) is 58.6 Å². The molecule has 6 heteroatoms. The number of halogens is 2. The van der Waals surface area contributed by atoms with E-state index in [0.29, 0.717) is 10.8 Å². The maximum absolute atomic E-state index is 13.6. The minimum Gasteiger partial charge on any atom is -0.331 e. The first-order valence-corrected chi connectivity index (χ1v) is 7.96. The molecule has 0 bridgehead atoms. The highest BCUT2D eigenvalue weighted by Gasteiger charge is 2.09. The average molecular weight is 330 g/mol. The molecule has 1 N–H and O–H groups in total. The summed E-state index contributed by atoms with van der Waals surface area (Å²) in [5, 5.41) is 0.115.